The molecule has 0 amide bonds. The first-order valence-corrected chi connectivity index (χ1v) is 9.50. The van der Waals surface area contributed by atoms with Crippen molar-refractivity contribution in [2.45, 2.75) is 19.5 Å². The number of aryl methyl sites for hydroxylation is 1. The molecule has 178 valence electrons. The predicted molar refractivity (Wildman–Crippen MR) is 109 cm³/mol. The van der Waals surface area contributed by atoms with Crippen LogP contribution in [-0.2, 0) is 0 Å². The Balaban J connectivity index is 1.73. The smallest absolute Gasteiger partial charge is 0.403 e. The van der Waals surface area contributed by atoms with E-state index in [1.54, 1.807) is 25.1 Å². The van der Waals surface area contributed by atoms with Gasteiger partial charge in [0, 0.05) is 23.3 Å². The number of anilines is 3. The third kappa shape index (κ3) is 5.63. The van der Waals surface area contributed by atoms with Gasteiger partial charge in [-0.3, -0.25) is 5.32 Å². The molecule has 0 aliphatic rings. The number of hydrogen-bond acceptors (Lipinski definition) is 8. The highest BCUT2D eigenvalue weighted by Gasteiger charge is 2.33. The van der Waals surface area contributed by atoms with Crippen LogP contribution in [-0.4, -0.2) is 39.2 Å². The molecule has 0 radical (unpaired) electrons. The number of aromatic nitrogens is 4. The summed E-state index contributed by atoms with van der Waals surface area (Å²) in [5, 5.41) is 12.6. The summed E-state index contributed by atoms with van der Waals surface area (Å²) in [4.78, 5) is 8.19. The molecule has 0 spiro atoms. The van der Waals surface area contributed by atoms with Crippen LogP contribution in [0.4, 0.5) is 43.9 Å². The number of ether oxygens (including phenoxy) is 1. The first-order valence-electron chi connectivity index (χ1n) is 9.50. The Labute approximate surface area is 187 Å². The molecule has 0 bridgehead atoms. The molecular weight excluding hydrogens is 470 g/mol. The topological polar surface area (TPSA) is 98.0 Å². The number of rotatable bonds is 6. The Morgan fingerprint density at radius 2 is 1.82 bits per heavy atom. The molecule has 0 unspecified atom stereocenters. The maximum absolute atomic E-state index is 13.0. The molecule has 0 aliphatic carbocycles. The number of alkyl halides is 6. The third-order valence-electron chi connectivity index (χ3n) is 4.35. The summed E-state index contributed by atoms with van der Waals surface area (Å²) < 4.78 is 86.2. The highest BCUT2D eigenvalue weighted by molar-refractivity contribution is 5.92. The second kappa shape index (κ2) is 8.68. The van der Waals surface area contributed by atoms with E-state index in [1.165, 1.54) is 18.3 Å². The zero-order chi connectivity index (χ0) is 24.5. The van der Waals surface area contributed by atoms with Gasteiger partial charge in [-0.05, 0) is 36.8 Å². The SMILES string of the molecule is Cc1cc(-c2nnc(Nc3ccccn3)o2)nc2c(OC(F)(F)F)cc(NCC(F)(F)F)cc12. The Hall–Kier alpha value is -4.10. The number of fused-ring (bicyclic) bond motifs is 1. The monoisotopic (exact) mass is 484 g/mol. The average molecular weight is 484 g/mol. The molecule has 34 heavy (non-hydrogen) atoms. The summed E-state index contributed by atoms with van der Waals surface area (Å²) in [5.41, 5.74) is -0.0432. The van der Waals surface area contributed by atoms with E-state index in [1.807, 2.05) is 5.32 Å². The Bertz CT molecular complexity index is 1310. The van der Waals surface area contributed by atoms with Crippen LogP contribution in [0.2, 0.25) is 0 Å². The van der Waals surface area contributed by atoms with E-state index >= 15 is 0 Å². The number of nitrogens with zero attached hydrogens (tertiary/aromatic N) is 4. The molecule has 0 atom stereocenters. The Morgan fingerprint density at radius 3 is 2.50 bits per heavy atom. The van der Waals surface area contributed by atoms with Gasteiger partial charge < -0.3 is 14.5 Å². The van der Waals surface area contributed by atoms with Crippen LogP contribution in [0.15, 0.2) is 47.0 Å². The zero-order valence-corrected chi connectivity index (χ0v) is 17.1. The number of halogens is 6. The van der Waals surface area contributed by atoms with E-state index in [2.05, 4.69) is 30.2 Å². The van der Waals surface area contributed by atoms with Crippen molar-refractivity contribution in [1.82, 2.24) is 20.2 Å². The lowest BCUT2D eigenvalue weighted by atomic mass is 10.1. The van der Waals surface area contributed by atoms with Crippen LogP contribution >= 0.6 is 0 Å². The largest absolute Gasteiger partial charge is 0.573 e. The van der Waals surface area contributed by atoms with Crippen LogP contribution in [0.25, 0.3) is 22.5 Å². The van der Waals surface area contributed by atoms with Crippen LogP contribution in [0, 0.1) is 6.92 Å². The lowest BCUT2D eigenvalue weighted by Crippen LogP contribution is -2.21. The normalized spacial score (nSPS) is 12.1. The van der Waals surface area contributed by atoms with Gasteiger partial charge in [0.05, 0.1) is 0 Å². The van der Waals surface area contributed by atoms with Crippen molar-refractivity contribution in [2.75, 3.05) is 17.2 Å². The van der Waals surface area contributed by atoms with Gasteiger partial charge in [0.15, 0.2) is 5.75 Å². The molecular formula is C20H14F6N6O2. The van der Waals surface area contributed by atoms with Crippen LogP contribution < -0.4 is 15.4 Å². The van der Waals surface area contributed by atoms with Gasteiger partial charge >= 0.3 is 18.6 Å². The molecule has 0 aliphatic heterocycles. The van der Waals surface area contributed by atoms with Crippen molar-refractivity contribution >= 4 is 28.4 Å². The fraction of sp³-hybridized carbons (Fsp3) is 0.200. The number of hydrogen-bond donors (Lipinski definition) is 2. The van der Waals surface area contributed by atoms with Gasteiger partial charge in [-0.2, -0.15) is 13.2 Å². The van der Waals surface area contributed by atoms with Gasteiger partial charge in [-0.15, -0.1) is 18.3 Å². The van der Waals surface area contributed by atoms with E-state index in [0.29, 0.717) is 11.4 Å². The number of benzene rings is 1. The van der Waals surface area contributed by atoms with Crippen molar-refractivity contribution in [3.63, 3.8) is 0 Å². The van der Waals surface area contributed by atoms with Crippen molar-refractivity contribution < 1.29 is 35.5 Å². The van der Waals surface area contributed by atoms with Gasteiger partial charge in [-0.25, -0.2) is 9.97 Å². The van der Waals surface area contributed by atoms with Crippen molar-refractivity contribution in [3.8, 4) is 17.3 Å². The van der Waals surface area contributed by atoms with Crippen molar-refractivity contribution in [2.24, 2.45) is 0 Å². The first-order chi connectivity index (χ1) is 16.0. The van der Waals surface area contributed by atoms with Gasteiger partial charge in [0.2, 0.25) is 0 Å². The van der Waals surface area contributed by atoms with E-state index < -0.39 is 24.8 Å². The molecule has 14 heteroatoms. The minimum absolute atomic E-state index is 0.0355. The molecule has 2 N–H and O–H groups in total. The molecule has 4 aromatic rings. The number of nitrogens with one attached hydrogen (secondary N) is 2. The minimum Gasteiger partial charge on any atom is -0.403 e. The van der Waals surface area contributed by atoms with Crippen molar-refractivity contribution in [1.29, 1.82) is 0 Å². The first kappa shape index (κ1) is 23.1. The Morgan fingerprint density at radius 1 is 1.03 bits per heavy atom. The second-order valence-electron chi connectivity index (χ2n) is 6.96. The fourth-order valence-electron chi connectivity index (χ4n) is 3.00. The van der Waals surface area contributed by atoms with E-state index in [4.69, 9.17) is 4.42 Å². The highest BCUT2D eigenvalue weighted by Crippen LogP contribution is 2.36. The lowest BCUT2D eigenvalue weighted by molar-refractivity contribution is -0.274. The third-order valence-corrected chi connectivity index (χ3v) is 4.35. The fourth-order valence-corrected chi connectivity index (χ4v) is 3.00. The molecule has 3 aromatic heterocycles. The van der Waals surface area contributed by atoms with Crippen LogP contribution in [0.5, 0.6) is 5.75 Å². The summed E-state index contributed by atoms with van der Waals surface area (Å²) in [6.07, 6.45) is -8.14. The quantitative estimate of drug-likeness (QED) is 0.341. The molecule has 8 nitrogen and oxygen atoms in total. The van der Waals surface area contributed by atoms with Gasteiger partial charge in [-0.1, -0.05) is 11.2 Å². The van der Waals surface area contributed by atoms with E-state index in [0.717, 1.165) is 6.07 Å². The Kier molecular flexibility index (Phi) is 5.89. The molecule has 0 saturated heterocycles. The zero-order valence-electron chi connectivity index (χ0n) is 17.1. The van der Waals surface area contributed by atoms with Crippen LogP contribution in [0.1, 0.15) is 5.56 Å². The molecule has 1 aromatic carbocycles. The lowest BCUT2D eigenvalue weighted by Gasteiger charge is -2.16. The molecule has 3 heterocycles. The van der Waals surface area contributed by atoms with Crippen LogP contribution in [0.3, 0.4) is 0 Å². The second-order valence-corrected chi connectivity index (χ2v) is 6.96. The average Bonchev–Trinajstić information content (AvgIpc) is 3.20. The molecule has 0 saturated carbocycles. The summed E-state index contributed by atoms with van der Waals surface area (Å²) in [6.45, 7) is 0.102. The summed E-state index contributed by atoms with van der Waals surface area (Å²) >= 11 is 0. The maximum atomic E-state index is 13.0. The molecule has 4 rings (SSSR count). The summed E-state index contributed by atoms with van der Waals surface area (Å²) in [6, 6.07) is 8.53. The van der Waals surface area contributed by atoms with E-state index in [-0.39, 0.29) is 34.2 Å². The predicted octanol–water partition coefficient (Wildman–Crippen LogP) is 5.60. The molecule has 0 fully saturated rings. The highest BCUT2D eigenvalue weighted by atomic mass is 19.4. The summed E-state index contributed by atoms with van der Waals surface area (Å²) in [7, 11) is 0. The van der Waals surface area contributed by atoms with Gasteiger partial charge in [0.1, 0.15) is 23.6 Å². The maximum Gasteiger partial charge on any atom is 0.573 e. The minimum atomic E-state index is -5.11. The van der Waals surface area contributed by atoms with E-state index in [9.17, 15) is 26.3 Å². The summed E-state index contributed by atoms with van der Waals surface area (Å²) in [5.74, 6) is -0.480. The van der Waals surface area contributed by atoms with Crippen molar-refractivity contribution in [3.05, 3.63) is 48.2 Å². The number of pyridine rings is 2. The standard InChI is InChI=1S/C20H14F6N6O2/c1-10-6-13(17-31-32-18(33-17)30-15-4-2-3-5-27-15)29-16-12(10)7-11(28-9-19(21,22)23)8-14(16)34-20(24,25)26/h2-8,28H,9H2,1H3,(H,27,30,32). The van der Waals surface area contributed by atoms with Gasteiger partial charge in [0.25, 0.3) is 5.89 Å².